The summed E-state index contributed by atoms with van der Waals surface area (Å²) in [6, 6.07) is 6.71. The first kappa shape index (κ1) is 15.0. The van der Waals surface area contributed by atoms with Crippen molar-refractivity contribution in [1.82, 2.24) is 5.32 Å². The van der Waals surface area contributed by atoms with E-state index in [0.29, 0.717) is 12.0 Å². The summed E-state index contributed by atoms with van der Waals surface area (Å²) in [5.41, 5.74) is 2.92. The number of hydrogen-bond acceptors (Lipinski definition) is 2. The summed E-state index contributed by atoms with van der Waals surface area (Å²) in [5, 5.41) is 6.58. The Morgan fingerprint density at radius 2 is 2.00 bits per heavy atom. The largest absolute Gasteiger partial charge is 0.325 e. The molecule has 1 atom stereocenters. The van der Waals surface area contributed by atoms with Crippen LogP contribution in [0.2, 0.25) is 0 Å². The molecule has 0 radical (unpaired) electrons. The van der Waals surface area contributed by atoms with Gasteiger partial charge in [-0.3, -0.25) is 4.79 Å². The number of carbonyl (C=O) groups is 1. The van der Waals surface area contributed by atoms with Gasteiger partial charge in [-0.1, -0.05) is 32.9 Å². The van der Waals surface area contributed by atoms with Gasteiger partial charge < -0.3 is 10.6 Å². The highest BCUT2D eigenvalue weighted by molar-refractivity contribution is 6.05. The van der Waals surface area contributed by atoms with Crippen molar-refractivity contribution in [2.45, 2.75) is 52.5 Å². The Hall–Kier alpha value is -1.35. The molecule has 3 nitrogen and oxygen atoms in total. The van der Waals surface area contributed by atoms with Gasteiger partial charge in [0.1, 0.15) is 0 Å². The first-order valence-corrected chi connectivity index (χ1v) is 7.57. The molecule has 1 unspecified atom stereocenters. The molecule has 0 fully saturated rings. The lowest BCUT2D eigenvalue weighted by Crippen LogP contribution is -2.28. The average molecular weight is 274 g/mol. The van der Waals surface area contributed by atoms with E-state index >= 15 is 0 Å². The number of amides is 1. The van der Waals surface area contributed by atoms with Gasteiger partial charge in [0, 0.05) is 11.7 Å². The van der Waals surface area contributed by atoms with Crippen molar-refractivity contribution in [3.63, 3.8) is 0 Å². The van der Waals surface area contributed by atoms with Gasteiger partial charge in [-0.15, -0.1) is 0 Å². The molecule has 0 saturated heterocycles. The summed E-state index contributed by atoms with van der Waals surface area (Å²) in [4.78, 5) is 12.0. The number of anilines is 1. The molecule has 0 aromatic heterocycles. The molecule has 0 spiro atoms. The average Bonchev–Trinajstić information content (AvgIpc) is 2.61. The molecule has 110 valence electrons. The number of rotatable bonds is 5. The van der Waals surface area contributed by atoms with Gasteiger partial charge in [0.05, 0.1) is 5.41 Å². The van der Waals surface area contributed by atoms with E-state index in [4.69, 9.17) is 0 Å². The molecule has 1 aliphatic heterocycles. The van der Waals surface area contributed by atoms with Crippen LogP contribution in [0.5, 0.6) is 0 Å². The fraction of sp³-hybridized carbons (Fsp3) is 0.588. The van der Waals surface area contributed by atoms with Crippen LogP contribution in [0.3, 0.4) is 0 Å². The van der Waals surface area contributed by atoms with Crippen molar-refractivity contribution in [2.75, 3.05) is 11.9 Å². The minimum Gasteiger partial charge on any atom is -0.325 e. The molecule has 3 heteroatoms. The van der Waals surface area contributed by atoms with E-state index in [0.717, 1.165) is 24.2 Å². The highest BCUT2D eigenvalue weighted by Crippen LogP contribution is 2.39. The first-order chi connectivity index (χ1) is 9.37. The molecule has 1 amide bonds. The molecule has 1 aromatic carbocycles. The fourth-order valence-electron chi connectivity index (χ4n) is 2.82. The molecule has 1 aliphatic rings. The maximum absolute atomic E-state index is 12.0. The number of benzene rings is 1. The predicted molar refractivity (Wildman–Crippen MR) is 84.0 cm³/mol. The van der Waals surface area contributed by atoms with Crippen molar-refractivity contribution >= 4 is 11.6 Å². The molecule has 1 heterocycles. The van der Waals surface area contributed by atoms with E-state index in [9.17, 15) is 4.79 Å². The lowest BCUT2D eigenvalue weighted by atomic mass is 9.83. The molecular weight excluding hydrogens is 248 g/mol. The van der Waals surface area contributed by atoms with Crippen molar-refractivity contribution < 1.29 is 4.79 Å². The Balaban J connectivity index is 2.35. The lowest BCUT2D eigenvalue weighted by molar-refractivity contribution is -0.119. The van der Waals surface area contributed by atoms with Crippen LogP contribution in [-0.4, -0.2) is 12.5 Å². The minimum atomic E-state index is -0.433. The Bertz CT molecular complexity index is 506. The molecule has 0 bridgehead atoms. The van der Waals surface area contributed by atoms with Gasteiger partial charge in [0.15, 0.2) is 0 Å². The molecule has 2 rings (SSSR count). The third kappa shape index (κ3) is 2.59. The molecule has 1 aromatic rings. The topological polar surface area (TPSA) is 41.1 Å². The van der Waals surface area contributed by atoms with E-state index < -0.39 is 5.41 Å². The van der Waals surface area contributed by atoms with Crippen LogP contribution in [0.1, 0.15) is 58.2 Å². The maximum atomic E-state index is 12.0. The van der Waals surface area contributed by atoms with Crippen LogP contribution in [0.4, 0.5) is 5.69 Å². The summed E-state index contributed by atoms with van der Waals surface area (Å²) in [7, 11) is 0. The Morgan fingerprint density at radius 3 is 2.60 bits per heavy atom. The molecule has 0 aliphatic carbocycles. The highest BCUT2D eigenvalue weighted by Gasteiger charge is 2.38. The maximum Gasteiger partial charge on any atom is 0.234 e. The zero-order valence-electron chi connectivity index (χ0n) is 13.2. The Morgan fingerprint density at radius 1 is 1.30 bits per heavy atom. The van der Waals surface area contributed by atoms with E-state index in [1.807, 2.05) is 19.9 Å². The Labute approximate surface area is 122 Å². The van der Waals surface area contributed by atoms with Crippen LogP contribution in [0.25, 0.3) is 0 Å². The van der Waals surface area contributed by atoms with Crippen molar-refractivity contribution in [2.24, 2.45) is 5.92 Å². The summed E-state index contributed by atoms with van der Waals surface area (Å²) in [6.07, 6.45) is 1.12. The summed E-state index contributed by atoms with van der Waals surface area (Å²) < 4.78 is 0. The van der Waals surface area contributed by atoms with E-state index in [2.05, 4.69) is 43.5 Å². The lowest BCUT2D eigenvalue weighted by Gasteiger charge is -2.24. The highest BCUT2D eigenvalue weighted by atomic mass is 16.2. The van der Waals surface area contributed by atoms with Gasteiger partial charge in [-0.2, -0.15) is 0 Å². The Kier molecular flexibility index (Phi) is 4.19. The molecular formula is C17H26N2O. The second kappa shape index (κ2) is 5.57. The van der Waals surface area contributed by atoms with Crippen molar-refractivity contribution in [3.8, 4) is 0 Å². The first-order valence-electron chi connectivity index (χ1n) is 7.57. The number of nitrogens with one attached hydrogen (secondary N) is 2. The normalized spacial score (nSPS) is 18.0. The third-order valence-electron chi connectivity index (χ3n) is 4.17. The minimum absolute atomic E-state index is 0.0901. The molecule has 20 heavy (non-hydrogen) atoms. The third-order valence-corrected chi connectivity index (χ3v) is 4.17. The summed E-state index contributed by atoms with van der Waals surface area (Å²) in [6.45, 7) is 11.6. The number of fused-ring (bicyclic) bond motifs is 1. The van der Waals surface area contributed by atoms with Crippen LogP contribution in [0.15, 0.2) is 18.2 Å². The quantitative estimate of drug-likeness (QED) is 0.861. The smallest absolute Gasteiger partial charge is 0.234 e. The summed E-state index contributed by atoms with van der Waals surface area (Å²) >= 11 is 0. The zero-order chi connectivity index (χ0) is 14.9. The fourth-order valence-corrected chi connectivity index (χ4v) is 2.82. The standard InChI is InChI=1S/C17H26N2O/c1-6-9-18-15(11(2)3)12-7-8-14-13(10-12)17(4,5)16(20)19-14/h7-8,10-11,15,18H,6,9H2,1-5H3,(H,19,20). The van der Waals surface area contributed by atoms with Gasteiger partial charge >= 0.3 is 0 Å². The van der Waals surface area contributed by atoms with Gasteiger partial charge in [-0.05, 0) is 49.9 Å². The number of hydrogen-bond donors (Lipinski definition) is 2. The second-order valence-corrected chi connectivity index (χ2v) is 6.56. The van der Waals surface area contributed by atoms with Crippen LogP contribution in [0, 0.1) is 5.92 Å². The summed E-state index contributed by atoms with van der Waals surface area (Å²) in [5.74, 6) is 0.611. The van der Waals surface area contributed by atoms with E-state index in [1.165, 1.54) is 5.56 Å². The molecule has 0 saturated carbocycles. The SMILES string of the molecule is CCCNC(c1ccc2c(c1)C(C)(C)C(=O)N2)C(C)C. The predicted octanol–water partition coefficient (Wildman–Crippen LogP) is 3.61. The van der Waals surface area contributed by atoms with E-state index in [-0.39, 0.29) is 5.91 Å². The van der Waals surface area contributed by atoms with Crippen LogP contribution in [-0.2, 0) is 10.2 Å². The van der Waals surface area contributed by atoms with Gasteiger partial charge in [-0.25, -0.2) is 0 Å². The van der Waals surface area contributed by atoms with Crippen LogP contribution >= 0.6 is 0 Å². The van der Waals surface area contributed by atoms with E-state index in [1.54, 1.807) is 0 Å². The molecule has 2 N–H and O–H groups in total. The monoisotopic (exact) mass is 274 g/mol. The van der Waals surface area contributed by atoms with Crippen molar-refractivity contribution in [3.05, 3.63) is 29.3 Å². The van der Waals surface area contributed by atoms with Gasteiger partial charge in [0.2, 0.25) is 5.91 Å². The van der Waals surface area contributed by atoms with Crippen LogP contribution < -0.4 is 10.6 Å². The van der Waals surface area contributed by atoms with Gasteiger partial charge in [0.25, 0.3) is 0 Å². The zero-order valence-corrected chi connectivity index (χ0v) is 13.2. The number of carbonyl (C=O) groups excluding carboxylic acids is 1. The van der Waals surface area contributed by atoms with Crippen molar-refractivity contribution in [1.29, 1.82) is 0 Å². The second-order valence-electron chi connectivity index (χ2n) is 6.56.